The zero-order chi connectivity index (χ0) is 11.9. The summed E-state index contributed by atoms with van der Waals surface area (Å²) in [5, 5.41) is 3.58. The van der Waals surface area contributed by atoms with Crippen LogP contribution >= 0.6 is 15.9 Å². The topological polar surface area (TPSA) is 12.0 Å². The molecule has 1 nitrogen and oxygen atoms in total. The molecule has 17 heavy (non-hydrogen) atoms. The summed E-state index contributed by atoms with van der Waals surface area (Å²) in [6.45, 7) is 4.74. The standard InChI is InChI=1S/C15H20BrN/c1-11-8-15(9-11)6-7-17-10-13(15)12-4-2-3-5-14(12)16/h2-5,11,13,17H,6-10H2,1H3. The summed E-state index contributed by atoms with van der Waals surface area (Å²) < 4.78 is 1.28. The van der Waals surface area contributed by atoms with Crippen molar-refractivity contribution in [1.82, 2.24) is 5.32 Å². The molecule has 3 rings (SSSR count). The van der Waals surface area contributed by atoms with Gasteiger partial charge in [-0.25, -0.2) is 0 Å². The molecule has 0 bridgehead atoms. The van der Waals surface area contributed by atoms with Crippen LogP contribution < -0.4 is 5.32 Å². The highest BCUT2D eigenvalue weighted by Crippen LogP contribution is 2.58. The molecule has 2 heteroatoms. The second-order valence-corrected chi connectivity index (χ2v) is 6.76. The van der Waals surface area contributed by atoms with Crippen molar-refractivity contribution in [3.05, 3.63) is 34.3 Å². The van der Waals surface area contributed by atoms with Crippen LogP contribution in [0.4, 0.5) is 0 Å². The number of piperidine rings is 1. The van der Waals surface area contributed by atoms with Crippen molar-refractivity contribution in [2.45, 2.75) is 32.1 Å². The second-order valence-electron chi connectivity index (χ2n) is 5.90. The maximum Gasteiger partial charge on any atom is 0.0210 e. The molecular weight excluding hydrogens is 274 g/mol. The Hall–Kier alpha value is -0.340. The maximum absolute atomic E-state index is 3.72. The lowest BCUT2D eigenvalue weighted by Gasteiger charge is -2.54. The van der Waals surface area contributed by atoms with Crippen molar-refractivity contribution in [2.75, 3.05) is 13.1 Å². The fourth-order valence-corrected chi connectivity index (χ4v) is 4.55. The van der Waals surface area contributed by atoms with E-state index in [2.05, 4.69) is 52.4 Å². The molecule has 2 fully saturated rings. The Bertz CT molecular complexity index is 404. The number of rotatable bonds is 1. The minimum Gasteiger partial charge on any atom is -0.316 e. The molecule has 1 N–H and O–H groups in total. The van der Waals surface area contributed by atoms with Crippen LogP contribution in [0.5, 0.6) is 0 Å². The Labute approximate surface area is 112 Å². The van der Waals surface area contributed by atoms with Gasteiger partial charge >= 0.3 is 0 Å². The van der Waals surface area contributed by atoms with E-state index >= 15 is 0 Å². The first-order valence-corrected chi connectivity index (χ1v) is 7.46. The minimum absolute atomic E-state index is 0.592. The molecule has 92 valence electrons. The monoisotopic (exact) mass is 293 g/mol. The van der Waals surface area contributed by atoms with Crippen LogP contribution in [-0.4, -0.2) is 13.1 Å². The molecule has 1 aromatic rings. The SMILES string of the molecule is CC1CC2(CCNCC2c2ccccc2Br)C1. The molecule has 1 saturated heterocycles. The van der Waals surface area contributed by atoms with Crippen LogP contribution in [0.2, 0.25) is 0 Å². The molecule has 2 aliphatic rings. The van der Waals surface area contributed by atoms with Crippen LogP contribution in [0.25, 0.3) is 0 Å². The van der Waals surface area contributed by atoms with Crippen molar-refractivity contribution in [3.63, 3.8) is 0 Å². The van der Waals surface area contributed by atoms with Gasteiger partial charge in [-0.15, -0.1) is 0 Å². The van der Waals surface area contributed by atoms with Crippen molar-refractivity contribution in [3.8, 4) is 0 Å². The second kappa shape index (κ2) is 4.40. The highest BCUT2D eigenvalue weighted by Gasteiger charge is 2.49. The van der Waals surface area contributed by atoms with Gasteiger partial charge in [0.05, 0.1) is 0 Å². The predicted octanol–water partition coefficient (Wildman–Crippen LogP) is 3.94. The van der Waals surface area contributed by atoms with E-state index in [9.17, 15) is 0 Å². The Morgan fingerprint density at radius 3 is 2.76 bits per heavy atom. The van der Waals surface area contributed by atoms with E-state index in [0.717, 1.165) is 12.5 Å². The Kier molecular flexibility index (Phi) is 3.04. The third-order valence-corrected chi connectivity index (χ3v) is 5.40. The van der Waals surface area contributed by atoms with Crippen LogP contribution in [0, 0.1) is 11.3 Å². The van der Waals surface area contributed by atoms with E-state index in [-0.39, 0.29) is 0 Å². The molecule has 0 radical (unpaired) electrons. The van der Waals surface area contributed by atoms with Crippen molar-refractivity contribution >= 4 is 15.9 Å². The van der Waals surface area contributed by atoms with Crippen LogP contribution in [0.1, 0.15) is 37.7 Å². The van der Waals surface area contributed by atoms with Gasteiger partial charge in [-0.1, -0.05) is 41.1 Å². The Morgan fingerprint density at radius 1 is 1.29 bits per heavy atom. The van der Waals surface area contributed by atoms with E-state index < -0.39 is 0 Å². The summed E-state index contributed by atoms with van der Waals surface area (Å²) in [6, 6.07) is 8.76. The first-order chi connectivity index (χ1) is 8.21. The van der Waals surface area contributed by atoms with Gasteiger partial charge in [0.15, 0.2) is 0 Å². The first-order valence-electron chi connectivity index (χ1n) is 6.66. The van der Waals surface area contributed by atoms with Crippen LogP contribution in [0.15, 0.2) is 28.7 Å². The molecule has 1 unspecified atom stereocenters. The lowest BCUT2D eigenvalue weighted by Crippen LogP contribution is -2.50. The van der Waals surface area contributed by atoms with Gasteiger partial charge < -0.3 is 5.32 Å². The zero-order valence-electron chi connectivity index (χ0n) is 10.4. The zero-order valence-corrected chi connectivity index (χ0v) is 12.0. The molecule has 1 saturated carbocycles. The third kappa shape index (κ3) is 1.96. The number of benzene rings is 1. The fraction of sp³-hybridized carbons (Fsp3) is 0.600. The highest BCUT2D eigenvalue weighted by molar-refractivity contribution is 9.10. The van der Waals surface area contributed by atoms with Gasteiger partial charge in [-0.2, -0.15) is 0 Å². The molecule has 1 heterocycles. The van der Waals surface area contributed by atoms with Gasteiger partial charge in [0.25, 0.3) is 0 Å². The van der Waals surface area contributed by atoms with Crippen LogP contribution in [-0.2, 0) is 0 Å². The van der Waals surface area contributed by atoms with E-state index in [1.165, 1.54) is 35.8 Å². The minimum atomic E-state index is 0.592. The van der Waals surface area contributed by atoms with E-state index in [4.69, 9.17) is 0 Å². The predicted molar refractivity (Wildman–Crippen MR) is 75.2 cm³/mol. The van der Waals surface area contributed by atoms with Crippen molar-refractivity contribution in [1.29, 1.82) is 0 Å². The van der Waals surface area contributed by atoms with Gasteiger partial charge in [0, 0.05) is 16.9 Å². The van der Waals surface area contributed by atoms with Crippen LogP contribution in [0.3, 0.4) is 0 Å². The van der Waals surface area contributed by atoms with Gasteiger partial charge in [0.1, 0.15) is 0 Å². The van der Waals surface area contributed by atoms with E-state index in [0.29, 0.717) is 11.3 Å². The average molecular weight is 294 g/mol. The number of hydrogen-bond acceptors (Lipinski definition) is 1. The number of hydrogen-bond donors (Lipinski definition) is 1. The molecule has 1 aromatic carbocycles. The average Bonchev–Trinajstić information content (AvgIpc) is 2.29. The molecular formula is C15H20BrN. The largest absolute Gasteiger partial charge is 0.316 e. The van der Waals surface area contributed by atoms with E-state index in [1.54, 1.807) is 0 Å². The molecule has 1 spiro atoms. The quantitative estimate of drug-likeness (QED) is 0.827. The Balaban J connectivity index is 1.92. The third-order valence-electron chi connectivity index (χ3n) is 4.68. The summed E-state index contributed by atoms with van der Waals surface area (Å²) >= 11 is 3.72. The fourth-order valence-electron chi connectivity index (χ4n) is 3.99. The van der Waals surface area contributed by atoms with Crippen molar-refractivity contribution < 1.29 is 0 Å². The lowest BCUT2D eigenvalue weighted by atomic mass is 9.52. The lowest BCUT2D eigenvalue weighted by molar-refractivity contribution is 0.00815. The summed E-state index contributed by atoms with van der Waals surface area (Å²) in [6.07, 6.45) is 4.19. The van der Waals surface area contributed by atoms with Gasteiger partial charge in [-0.3, -0.25) is 0 Å². The number of nitrogens with one attached hydrogen (secondary N) is 1. The van der Waals surface area contributed by atoms with Gasteiger partial charge in [0.2, 0.25) is 0 Å². The van der Waals surface area contributed by atoms with Gasteiger partial charge in [-0.05, 0) is 48.8 Å². The summed E-state index contributed by atoms with van der Waals surface area (Å²) in [5.74, 6) is 1.63. The number of halogens is 1. The van der Waals surface area contributed by atoms with E-state index in [1.807, 2.05) is 0 Å². The highest BCUT2D eigenvalue weighted by atomic mass is 79.9. The molecule has 1 atom stereocenters. The summed E-state index contributed by atoms with van der Waals surface area (Å²) in [7, 11) is 0. The smallest absolute Gasteiger partial charge is 0.0210 e. The van der Waals surface area contributed by atoms with Crippen molar-refractivity contribution in [2.24, 2.45) is 11.3 Å². The summed E-state index contributed by atoms with van der Waals surface area (Å²) in [5.41, 5.74) is 2.10. The Morgan fingerprint density at radius 2 is 2.06 bits per heavy atom. The maximum atomic E-state index is 3.72. The molecule has 1 aliphatic carbocycles. The summed E-state index contributed by atoms with van der Waals surface area (Å²) in [4.78, 5) is 0. The molecule has 0 amide bonds. The molecule has 1 aliphatic heterocycles. The normalized spacial score (nSPS) is 36.8. The molecule has 0 aromatic heterocycles. The first kappa shape index (κ1) is 11.7.